The van der Waals surface area contributed by atoms with Crippen LogP contribution in [0.15, 0.2) is 12.3 Å². The van der Waals surface area contributed by atoms with E-state index < -0.39 is 0 Å². The van der Waals surface area contributed by atoms with Crippen molar-refractivity contribution >= 4 is 11.7 Å². The summed E-state index contributed by atoms with van der Waals surface area (Å²) in [5.74, 6) is -0.280. The molecule has 100 valence electrons. The number of rotatable bonds is 6. The summed E-state index contributed by atoms with van der Waals surface area (Å²) in [7, 11) is 1.73. The van der Waals surface area contributed by atoms with E-state index in [9.17, 15) is 9.59 Å². The van der Waals surface area contributed by atoms with E-state index in [0.717, 1.165) is 6.42 Å². The number of hydrogen-bond acceptors (Lipinski definition) is 3. The molecule has 1 unspecified atom stereocenters. The maximum Gasteiger partial charge on any atom is 0.268 e. The average molecular weight is 252 g/mol. The maximum atomic E-state index is 12.0. The van der Waals surface area contributed by atoms with Crippen molar-refractivity contribution in [2.75, 3.05) is 6.61 Å². The fourth-order valence-corrected chi connectivity index (χ4v) is 1.78. The Hall–Kier alpha value is -1.62. The van der Waals surface area contributed by atoms with Crippen molar-refractivity contribution in [1.29, 1.82) is 0 Å². The van der Waals surface area contributed by atoms with Gasteiger partial charge in [0, 0.05) is 31.5 Å². The fraction of sp³-hybridized carbons (Fsp3) is 0.538. The molecule has 0 aliphatic heterocycles. The first-order valence-corrected chi connectivity index (χ1v) is 6.08. The van der Waals surface area contributed by atoms with Gasteiger partial charge < -0.3 is 15.0 Å². The molecular weight excluding hydrogens is 232 g/mol. The zero-order chi connectivity index (χ0) is 13.7. The summed E-state index contributed by atoms with van der Waals surface area (Å²) in [6.45, 7) is 3.47. The summed E-state index contributed by atoms with van der Waals surface area (Å²) >= 11 is 0. The van der Waals surface area contributed by atoms with Crippen LogP contribution < -0.4 is 5.32 Å². The number of nitrogens with zero attached hydrogens (tertiary/aromatic N) is 1. The number of aryl methyl sites for hydroxylation is 1. The molecule has 0 saturated heterocycles. The van der Waals surface area contributed by atoms with Gasteiger partial charge in [-0.2, -0.15) is 0 Å². The monoisotopic (exact) mass is 252 g/mol. The summed E-state index contributed by atoms with van der Waals surface area (Å²) in [4.78, 5) is 23.3. The second-order valence-corrected chi connectivity index (χ2v) is 4.37. The fourth-order valence-electron chi connectivity index (χ4n) is 1.78. The van der Waals surface area contributed by atoms with Gasteiger partial charge in [0.05, 0.1) is 0 Å². The molecule has 0 aromatic carbocycles. The number of Topliss-reactive ketones (excluding diaryl/α,β-unsaturated/α-hetero) is 1. The van der Waals surface area contributed by atoms with E-state index in [-0.39, 0.29) is 24.3 Å². The number of carbonyl (C=O) groups is 2. The van der Waals surface area contributed by atoms with Gasteiger partial charge in [0.2, 0.25) is 0 Å². The van der Waals surface area contributed by atoms with Crippen LogP contribution in [-0.4, -0.2) is 34.0 Å². The lowest BCUT2D eigenvalue weighted by molar-refractivity contribution is 0.0920. The van der Waals surface area contributed by atoms with E-state index >= 15 is 0 Å². The van der Waals surface area contributed by atoms with Gasteiger partial charge in [-0.25, -0.2) is 0 Å². The highest BCUT2D eigenvalue weighted by Gasteiger charge is 2.16. The second-order valence-electron chi connectivity index (χ2n) is 4.37. The first kappa shape index (κ1) is 14.4. The van der Waals surface area contributed by atoms with Gasteiger partial charge in [0.15, 0.2) is 5.78 Å². The Morgan fingerprint density at radius 3 is 2.61 bits per heavy atom. The van der Waals surface area contributed by atoms with Crippen LogP contribution >= 0.6 is 0 Å². The number of hydrogen-bond donors (Lipinski definition) is 2. The van der Waals surface area contributed by atoms with Gasteiger partial charge in [-0.3, -0.25) is 9.59 Å². The van der Waals surface area contributed by atoms with Gasteiger partial charge in [-0.15, -0.1) is 0 Å². The summed E-state index contributed by atoms with van der Waals surface area (Å²) < 4.78 is 1.64. The molecule has 0 spiro atoms. The molecule has 0 aliphatic carbocycles. The molecule has 0 radical (unpaired) electrons. The predicted molar refractivity (Wildman–Crippen MR) is 68.7 cm³/mol. The molecule has 18 heavy (non-hydrogen) atoms. The third kappa shape index (κ3) is 3.43. The third-order valence-electron chi connectivity index (χ3n) is 2.95. The van der Waals surface area contributed by atoms with E-state index in [1.807, 2.05) is 6.92 Å². The SMILES string of the molecule is CCC(CCO)NC(=O)c1cc(C(C)=O)cn1C. The lowest BCUT2D eigenvalue weighted by Gasteiger charge is -2.15. The summed E-state index contributed by atoms with van der Waals surface area (Å²) in [5, 5.41) is 11.7. The lowest BCUT2D eigenvalue weighted by atomic mass is 10.1. The van der Waals surface area contributed by atoms with Crippen molar-refractivity contribution in [1.82, 2.24) is 9.88 Å². The van der Waals surface area contributed by atoms with E-state index in [1.165, 1.54) is 6.92 Å². The van der Waals surface area contributed by atoms with Gasteiger partial charge in [0.25, 0.3) is 5.91 Å². The van der Waals surface area contributed by atoms with Gasteiger partial charge in [0.1, 0.15) is 5.69 Å². The normalized spacial score (nSPS) is 12.2. The summed E-state index contributed by atoms with van der Waals surface area (Å²) in [6, 6.07) is 1.54. The largest absolute Gasteiger partial charge is 0.396 e. The Balaban J connectivity index is 2.80. The average Bonchev–Trinajstić information content (AvgIpc) is 2.71. The van der Waals surface area contributed by atoms with Crippen molar-refractivity contribution < 1.29 is 14.7 Å². The first-order valence-electron chi connectivity index (χ1n) is 6.08. The molecule has 1 atom stereocenters. The smallest absolute Gasteiger partial charge is 0.268 e. The molecule has 1 rings (SSSR count). The molecule has 1 aromatic heterocycles. The quantitative estimate of drug-likeness (QED) is 0.745. The van der Waals surface area contributed by atoms with Gasteiger partial charge >= 0.3 is 0 Å². The van der Waals surface area contributed by atoms with Crippen molar-refractivity contribution in [3.05, 3.63) is 23.5 Å². The van der Waals surface area contributed by atoms with Crippen LogP contribution in [0.5, 0.6) is 0 Å². The topological polar surface area (TPSA) is 71.3 Å². The highest BCUT2D eigenvalue weighted by molar-refractivity contribution is 5.99. The molecule has 1 amide bonds. The number of aromatic nitrogens is 1. The Bertz CT molecular complexity index is 437. The highest BCUT2D eigenvalue weighted by atomic mass is 16.3. The van der Waals surface area contributed by atoms with Crippen molar-refractivity contribution in [3.8, 4) is 0 Å². The number of carbonyl (C=O) groups excluding carboxylic acids is 2. The van der Waals surface area contributed by atoms with Crippen LogP contribution in [-0.2, 0) is 7.05 Å². The molecule has 2 N–H and O–H groups in total. The Labute approximate surface area is 107 Å². The zero-order valence-electron chi connectivity index (χ0n) is 11.1. The molecule has 5 heteroatoms. The minimum atomic E-state index is -0.217. The van der Waals surface area contributed by atoms with Crippen LogP contribution in [0.4, 0.5) is 0 Å². The van der Waals surface area contributed by atoms with Crippen molar-refractivity contribution in [2.45, 2.75) is 32.7 Å². The number of ketones is 1. The lowest BCUT2D eigenvalue weighted by Crippen LogP contribution is -2.35. The molecular formula is C13H20N2O3. The van der Waals surface area contributed by atoms with Crippen molar-refractivity contribution in [2.24, 2.45) is 7.05 Å². The molecule has 1 aromatic rings. The predicted octanol–water partition coefficient (Wildman–Crippen LogP) is 1.12. The molecule has 0 saturated carbocycles. The first-order chi connectivity index (χ1) is 8.49. The van der Waals surface area contributed by atoms with Crippen LogP contribution in [0, 0.1) is 0 Å². The van der Waals surface area contributed by atoms with E-state index in [0.29, 0.717) is 17.7 Å². The van der Waals surface area contributed by atoms with Gasteiger partial charge in [-0.1, -0.05) is 6.92 Å². The van der Waals surface area contributed by atoms with Crippen LogP contribution in [0.25, 0.3) is 0 Å². The highest BCUT2D eigenvalue weighted by Crippen LogP contribution is 2.09. The summed E-state index contributed by atoms with van der Waals surface area (Å²) in [6.07, 6.45) is 2.94. The number of aliphatic hydroxyl groups excluding tert-OH is 1. The van der Waals surface area contributed by atoms with Crippen molar-refractivity contribution in [3.63, 3.8) is 0 Å². The number of amides is 1. The third-order valence-corrected chi connectivity index (χ3v) is 2.95. The van der Waals surface area contributed by atoms with Crippen LogP contribution in [0.2, 0.25) is 0 Å². The molecule has 1 heterocycles. The standard InChI is InChI=1S/C13H20N2O3/c1-4-11(5-6-16)14-13(18)12-7-10(9(2)17)8-15(12)3/h7-8,11,16H,4-6H2,1-3H3,(H,14,18). The van der Waals surface area contributed by atoms with E-state index in [4.69, 9.17) is 5.11 Å². The van der Waals surface area contributed by atoms with E-state index in [1.54, 1.807) is 23.9 Å². The Morgan fingerprint density at radius 2 is 2.17 bits per heavy atom. The zero-order valence-corrected chi connectivity index (χ0v) is 11.1. The number of nitrogens with one attached hydrogen (secondary N) is 1. The molecule has 0 fully saturated rings. The van der Waals surface area contributed by atoms with Gasteiger partial charge in [-0.05, 0) is 25.8 Å². The minimum absolute atomic E-state index is 0.0434. The minimum Gasteiger partial charge on any atom is -0.396 e. The summed E-state index contributed by atoms with van der Waals surface area (Å²) in [5.41, 5.74) is 0.981. The molecule has 0 aliphatic rings. The van der Waals surface area contributed by atoms with Crippen LogP contribution in [0.1, 0.15) is 47.5 Å². The second kappa shape index (κ2) is 6.35. The Kier molecular flexibility index (Phi) is 5.09. The number of aliphatic hydroxyl groups is 1. The van der Waals surface area contributed by atoms with Crippen LogP contribution in [0.3, 0.4) is 0 Å². The van der Waals surface area contributed by atoms with E-state index in [2.05, 4.69) is 5.32 Å². The molecule has 0 bridgehead atoms. The molecule has 5 nitrogen and oxygen atoms in total. The maximum absolute atomic E-state index is 12.0. The Morgan fingerprint density at radius 1 is 1.50 bits per heavy atom.